The molecule has 1 aromatic carbocycles. The fourth-order valence-electron chi connectivity index (χ4n) is 2.11. The van der Waals surface area contributed by atoms with Crippen LogP contribution in [0.3, 0.4) is 0 Å². The number of ether oxygens (including phenoxy) is 1. The number of aliphatic imine (C=N–C) groups is 1. The molecule has 20 heavy (non-hydrogen) atoms. The van der Waals surface area contributed by atoms with E-state index in [0.29, 0.717) is 37.5 Å². The van der Waals surface area contributed by atoms with Gasteiger partial charge in [-0.25, -0.2) is 4.99 Å². The van der Waals surface area contributed by atoms with Crippen LogP contribution in [0.15, 0.2) is 29.3 Å². The summed E-state index contributed by atoms with van der Waals surface area (Å²) in [7, 11) is 0. The van der Waals surface area contributed by atoms with Crippen molar-refractivity contribution in [2.75, 3.05) is 13.2 Å². The molecule has 110 valence electrons. The van der Waals surface area contributed by atoms with Crippen LogP contribution in [0.1, 0.15) is 24.0 Å². The van der Waals surface area contributed by atoms with Crippen molar-refractivity contribution in [3.8, 4) is 0 Å². The fourth-order valence-corrected chi connectivity index (χ4v) is 2.11. The van der Waals surface area contributed by atoms with E-state index in [9.17, 15) is 13.2 Å². The van der Waals surface area contributed by atoms with E-state index in [1.807, 2.05) is 0 Å². The second-order valence-electron chi connectivity index (χ2n) is 4.78. The van der Waals surface area contributed by atoms with E-state index in [2.05, 4.69) is 4.99 Å². The lowest BCUT2D eigenvalue weighted by molar-refractivity contribution is -0.137. The van der Waals surface area contributed by atoms with Crippen LogP contribution in [0.2, 0.25) is 0 Å². The van der Waals surface area contributed by atoms with E-state index in [1.54, 1.807) is 6.07 Å². The Bertz CT molecular complexity index is 486. The molecular formula is C14H17F3N2O. The molecule has 1 heterocycles. The first kappa shape index (κ1) is 14.8. The van der Waals surface area contributed by atoms with Crippen molar-refractivity contribution in [1.29, 1.82) is 0 Å². The van der Waals surface area contributed by atoms with Gasteiger partial charge in [0.05, 0.1) is 11.6 Å². The summed E-state index contributed by atoms with van der Waals surface area (Å²) < 4.78 is 43.3. The minimum atomic E-state index is -4.31. The van der Waals surface area contributed by atoms with Crippen molar-refractivity contribution in [3.63, 3.8) is 0 Å². The Balaban J connectivity index is 1.99. The summed E-state index contributed by atoms with van der Waals surface area (Å²) in [6.07, 6.45) is -2.36. The van der Waals surface area contributed by atoms with E-state index >= 15 is 0 Å². The molecule has 6 heteroatoms. The van der Waals surface area contributed by atoms with Gasteiger partial charge in [-0.1, -0.05) is 18.2 Å². The number of hydrogen-bond donors (Lipinski definition) is 1. The molecule has 0 radical (unpaired) electrons. The molecule has 0 amide bonds. The molecule has 2 rings (SSSR count). The second kappa shape index (κ2) is 6.26. The first-order chi connectivity index (χ1) is 9.49. The zero-order chi connectivity index (χ0) is 14.6. The largest absolute Gasteiger partial charge is 0.479 e. The zero-order valence-electron chi connectivity index (χ0n) is 11.0. The summed E-state index contributed by atoms with van der Waals surface area (Å²) in [6.45, 7) is 0.997. The predicted molar refractivity (Wildman–Crippen MR) is 70.6 cm³/mol. The van der Waals surface area contributed by atoms with Crippen LogP contribution in [0, 0.1) is 0 Å². The Morgan fingerprint density at radius 1 is 1.35 bits per heavy atom. The maximum Gasteiger partial charge on any atom is 0.416 e. The average molecular weight is 286 g/mol. The highest BCUT2D eigenvalue weighted by atomic mass is 19.4. The highest BCUT2D eigenvalue weighted by Gasteiger charge is 2.30. The van der Waals surface area contributed by atoms with Crippen LogP contribution in [0.4, 0.5) is 13.2 Å². The van der Waals surface area contributed by atoms with Gasteiger partial charge >= 0.3 is 6.18 Å². The molecule has 1 aliphatic rings. The normalized spacial score (nSPS) is 18.8. The van der Waals surface area contributed by atoms with Gasteiger partial charge in [0, 0.05) is 6.42 Å². The van der Waals surface area contributed by atoms with Crippen molar-refractivity contribution in [3.05, 3.63) is 35.4 Å². The highest BCUT2D eigenvalue weighted by Crippen LogP contribution is 2.30. The van der Waals surface area contributed by atoms with E-state index in [-0.39, 0.29) is 6.04 Å². The summed E-state index contributed by atoms with van der Waals surface area (Å²) in [5, 5.41) is 0. The molecule has 1 aromatic rings. The monoisotopic (exact) mass is 286 g/mol. The number of halogens is 3. The highest BCUT2D eigenvalue weighted by molar-refractivity contribution is 5.77. The minimum absolute atomic E-state index is 0.105. The van der Waals surface area contributed by atoms with Crippen LogP contribution in [-0.2, 0) is 17.3 Å². The van der Waals surface area contributed by atoms with Crippen LogP contribution in [0.25, 0.3) is 0 Å². The molecule has 0 fully saturated rings. The lowest BCUT2D eigenvalue weighted by Gasteiger charge is -2.10. The van der Waals surface area contributed by atoms with Crippen LogP contribution in [-0.4, -0.2) is 25.1 Å². The lowest BCUT2D eigenvalue weighted by Crippen LogP contribution is -2.11. The summed E-state index contributed by atoms with van der Waals surface area (Å²) >= 11 is 0. The Morgan fingerprint density at radius 2 is 2.15 bits per heavy atom. The van der Waals surface area contributed by atoms with Gasteiger partial charge in [-0.3, -0.25) is 0 Å². The summed E-state index contributed by atoms with van der Waals surface area (Å²) in [4.78, 5) is 4.37. The molecular weight excluding hydrogens is 269 g/mol. The molecule has 1 unspecified atom stereocenters. The standard InChI is InChI=1S/C14H17F3N2O/c15-14(16,17)11-4-1-3-10(7-11)8-12-9-20-13(19-12)5-2-6-18/h1,3-4,7,12H,2,5-6,8-9,18H2. The van der Waals surface area contributed by atoms with Gasteiger partial charge in [0.1, 0.15) is 6.61 Å². The Labute approximate surface area is 115 Å². The van der Waals surface area contributed by atoms with Gasteiger partial charge in [0.2, 0.25) is 0 Å². The predicted octanol–water partition coefficient (Wildman–Crippen LogP) is 2.78. The molecule has 0 bridgehead atoms. The quantitative estimate of drug-likeness (QED) is 0.904. The van der Waals surface area contributed by atoms with Gasteiger partial charge < -0.3 is 10.5 Å². The molecule has 3 nitrogen and oxygen atoms in total. The number of nitrogens with zero attached hydrogens (tertiary/aromatic N) is 1. The second-order valence-corrected chi connectivity index (χ2v) is 4.78. The lowest BCUT2D eigenvalue weighted by atomic mass is 10.0. The topological polar surface area (TPSA) is 47.6 Å². The average Bonchev–Trinajstić information content (AvgIpc) is 2.83. The van der Waals surface area contributed by atoms with Crippen molar-refractivity contribution in [2.24, 2.45) is 10.7 Å². The maximum absolute atomic E-state index is 12.6. The first-order valence-corrected chi connectivity index (χ1v) is 6.54. The van der Waals surface area contributed by atoms with E-state index in [0.717, 1.165) is 12.5 Å². The number of nitrogens with two attached hydrogens (primary N) is 1. The number of hydrogen-bond acceptors (Lipinski definition) is 3. The molecule has 0 saturated heterocycles. The zero-order valence-corrected chi connectivity index (χ0v) is 11.0. The van der Waals surface area contributed by atoms with E-state index in [1.165, 1.54) is 12.1 Å². The molecule has 1 aliphatic heterocycles. The smallest absolute Gasteiger partial charge is 0.416 e. The summed E-state index contributed by atoms with van der Waals surface area (Å²) in [6, 6.07) is 5.25. The van der Waals surface area contributed by atoms with Crippen molar-refractivity contribution < 1.29 is 17.9 Å². The van der Waals surface area contributed by atoms with Crippen molar-refractivity contribution >= 4 is 5.90 Å². The van der Waals surface area contributed by atoms with Gasteiger partial charge in [-0.2, -0.15) is 13.2 Å². The number of rotatable bonds is 5. The SMILES string of the molecule is NCCCC1=NC(Cc2cccc(C(F)(F)F)c2)CO1. The third-order valence-electron chi connectivity index (χ3n) is 3.09. The third kappa shape index (κ3) is 3.96. The Kier molecular flexibility index (Phi) is 4.65. The Morgan fingerprint density at radius 3 is 2.85 bits per heavy atom. The number of benzene rings is 1. The molecule has 0 saturated carbocycles. The van der Waals surface area contributed by atoms with Crippen molar-refractivity contribution in [1.82, 2.24) is 0 Å². The fraction of sp³-hybridized carbons (Fsp3) is 0.500. The molecule has 0 spiro atoms. The Hall–Kier alpha value is -1.56. The molecule has 0 aromatic heterocycles. The summed E-state index contributed by atoms with van der Waals surface area (Å²) in [5.74, 6) is 0.660. The minimum Gasteiger partial charge on any atom is -0.479 e. The first-order valence-electron chi connectivity index (χ1n) is 6.54. The molecule has 2 N–H and O–H groups in total. The van der Waals surface area contributed by atoms with Crippen molar-refractivity contribution in [2.45, 2.75) is 31.5 Å². The van der Waals surface area contributed by atoms with Crippen LogP contribution < -0.4 is 5.73 Å². The maximum atomic E-state index is 12.6. The van der Waals surface area contributed by atoms with Gasteiger partial charge in [-0.05, 0) is 31.0 Å². The molecule has 1 atom stereocenters. The van der Waals surface area contributed by atoms with Gasteiger partial charge in [0.15, 0.2) is 5.90 Å². The third-order valence-corrected chi connectivity index (χ3v) is 3.09. The molecule has 0 aliphatic carbocycles. The number of alkyl halides is 3. The van der Waals surface area contributed by atoms with E-state index < -0.39 is 11.7 Å². The van der Waals surface area contributed by atoms with E-state index in [4.69, 9.17) is 10.5 Å². The van der Waals surface area contributed by atoms with Gasteiger partial charge in [-0.15, -0.1) is 0 Å². The van der Waals surface area contributed by atoms with Gasteiger partial charge in [0.25, 0.3) is 0 Å². The summed E-state index contributed by atoms with van der Waals surface area (Å²) in [5.41, 5.74) is 5.40. The van der Waals surface area contributed by atoms with Crippen LogP contribution in [0.5, 0.6) is 0 Å². The van der Waals surface area contributed by atoms with Crippen LogP contribution >= 0.6 is 0 Å².